The molecule has 0 radical (unpaired) electrons. The van der Waals surface area contributed by atoms with E-state index in [1.54, 1.807) is 6.07 Å². The van der Waals surface area contributed by atoms with Gasteiger partial charge >= 0.3 is 18.1 Å². The van der Waals surface area contributed by atoms with Crippen LogP contribution in [-0.2, 0) is 17.5 Å². The Morgan fingerprint density at radius 2 is 1.47 bits per heavy atom. The fraction of sp³-hybridized carbons (Fsp3) is 0.194. The summed E-state index contributed by atoms with van der Waals surface area (Å²) in [6.07, 6.45) is 0.514. The Hall–Kier alpha value is -4.85. The van der Waals surface area contributed by atoms with E-state index in [9.17, 15) is 42.9 Å². The van der Waals surface area contributed by atoms with Gasteiger partial charge in [-0.3, -0.25) is 4.79 Å². The first-order valence-corrected chi connectivity index (χ1v) is 13.8. The molecule has 0 bridgehead atoms. The molecule has 0 saturated carbocycles. The first-order chi connectivity index (χ1) is 21.1. The van der Waals surface area contributed by atoms with Crippen LogP contribution in [0, 0.1) is 0 Å². The monoisotopic (exact) mass is 644 g/mol. The number of aliphatic hydroxyl groups excluding tert-OH is 1. The molecule has 4 rings (SSSR count). The Morgan fingerprint density at radius 1 is 0.867 bits per heavy atom. The maximum absolute atomic E-state index is 13.6. The van der Waals surface area contributed by atoms with Gasteiger partial charge in [0.2, 0.25) is 5.91 Å². The van der Waals surface area contributed by atoms with E-state index in [0.717, 1.165) is 18.2 Å². The molecule has 3 aromatic carbocycles. The van der Waals surface area contributed by atoms with Crippen molar-refractivity contribution in [2.45, 2.75) is 36.2 Å². The fourth-order valence-electron chi connectivity index (χ4n) is 4.59. The molecule has 0 fully saturated rings. The van der Waals surface area contributed by atoms with Crippen LogP contribution in [0.25, 0.3) is 0 Å². The lowest BCUT2D eigenvalue weighted by atomic mass is 9.93. The van der Waals surface area contributed by atoms with Crippen LogP contribution in [0.15, 0.2) is 85.0 Å². The van der Waals surface area contributed by atoms with Crippen LogP contribution in [0.4, 0.5) is 35.9 Å². The van der Waals surface area contributed by atoms with Gasteiger partial charge in [-0.05, 0) is 54.4 Å². The Kier molecular flexibility index (Phi) is 9.86. The van der Waals surface area contributed by atoms with Crippen LogP contribution in [0.2, 0.25) is 0 Å². The van der Waals surface area contributed by atoms with Gasteiger partial charge in [0.15, 0.2) is 0 Å². The van der Waals surface area contributed by atoms with Crippen molar-refractivity contribution < 1.29 is 42.9 Å². The van der Waals surface area contributed by atoms with Crippen LogP contribution in [0.3, 0.4) is 0 Å². The summed E-state index contributed by atoms with van der Waals surface area (Å²) in [6, 6.07) is 11.7. The van der Waals surface area contributed by atoms with Gasteiger partial charge in [-0.1, -0.05) is 42.5 Å². The quantitative estimate of drug-likeness (QED) is 0.101. The summed E-state index contributed by atoms with van der Waals surface area (Å²) in [6.45, 7) is -0.0144. The number of carboxylic acid groups (broad SMARTS) is 2. The summed E-state index contributed by atoms with van der Waals surface area (Å²) in [5, 5.41) is 37.6. The molecule has 3 aromatic rings. The SMILES string of the molecule is NC(=O)[C@H](CC1(Cl)C=CC(O)C=C1)NCc1ccc(Nc2cc(C(F)(F)F)ccc2Nc2ccccc2C(=O)O)c(C(=O)O)c1. The average molecular weight is 645 g/mol. The first kappa shape index (κ1) is 33.1. The largest absolute Gasteiger partial charge is 0.478 e. The third kappa shape index (κ3) is 8.41. The van der Waals surface area contributed by atoms with E-state index in [1.165, 1.54) is 60.7 Å². The third-order valence-corrected chi connectivity index (χ3v) is 7.32. The van der Waals surface area contributed by atoms with E-state index in [4.69, 9.17) is 17.3 Å². The van der Waals surface area contributed by atoms with E-state index in [1.807, 2.05) is 0 Å². The number of carboxylic acids is 2. The van der Waals surface area contributed by atoms with E-state index in [0.29, 0.717) is 5.56 Å². The molecule has 8 N–H and O–H groups in total. The second-order valence-electron chi connectivity index (χ2n) is 10.2. The van der Waals surface area contributed by atoms with Crippen molar-refractivity contribution in [2.24, 2.45) is 5.73 Å². The number of aromatic carboxylic acids is 2. The van der Waals surface area contributed by atoms with Gasteiger partial charge < -0.3 is 37.0 Å². The second-order valence-corrected chi connectivity index (χ2v) is 10.9. The van der Waals surface area contributed by atoms with Crippen molar-refractivity contribution in [3.63, 3.8) is 0 Å². The maximum Gasteiger partial charge on any atom is 0.416 e. The van der Waals surface area contributed by atoms with Crippen molar-refractivity contribution in [2.75, 3.05) is 10.6 Å². The molecular formula is C31H28ClF3N4O6. The fourth-order valence-corrected chi connectivity index (χ4v) is 4.89. The number of anilines is 4. The molecule has 0 aliphatic heterocycles. The van der Waals surface area contributed by atoms with Crippen LogP contribution in [-0.4, -0.2) is 50.2 Å². The molecule has 1 atom stereocenters. The van der Waals surface area contributed by atoms with Gasteiger partial charge in [0.1, 0.15) is 0 Å². The number of amides is 1. The third-order valence-electron chi connectivity index (χ3n) is 6.91. The van der Waals surface area contributed by atoms with E-state index in [-0.39, 0.29) is 46.8 Å². The average Bonchev–Trinajstić information content (AvgIpc) is 2.97. The first-order valence-electron chi connectivity index (χ1n) is 13.4. The number of nitrogens with two attached hydrogens (primary N) is 1. The highest BCUT2D eigenvalue weighted by atomic mass is 35.5. The smallest absolute Gasteiger partial charge is 0.416 e. The zero-order valence-electron chi connectivity index (χ0n) is 23.3. The zero-order valence-corrected chi connectivity index (χ0v) is 24.1. The lowest BCUT2D eigenvalue weighted by Gasteiger charge is -2.27. The minimum atomic E-state index is -4.72. The van der Waals surface area contributed by atoms with Crippen molar-refractivity contribution in [3.05, 3.63) is 107 Å². The summed E-state index contributed by atoms with van der Waals surface area (Å²) in [4.78, 5) is 34.9. The number of para-hydroxylation sites is 1. The number of alkyl halides is 4. The number of primary amides is 1. The van der Waals surface area contributed by atoms with E-state index in [2.05, 4.69) is 16.0 Å². The molecule has 1 amide bonds. The summed E-state index contributed by atoms with van der Waals surface area (Å²) < 4.78 is 40.8. The molecule has 1 aliphatic rings. The second kappa shape index (κ2) is 13.4. The topological polar surface area (TPSA) is 174 Å². The number of rotatable bonds is 12. The molecule has 45 heavy (non-hydrogen) atoms. The standard InChI is InChI=1S/C31H28ClF3N4O6/c32-30(11-9-19(40)10-12-30)15-26(27(36)41)37-16-17-5-7-23(21(13-17)29(44)45)39-25-14-18(31(33,34)35)6-8-24(25)38-22-4-2-1-3-20(22)28(42)43/h1-14,19,26,37-40H,15-16H2,(H2,36,41)(H,42,43)(H,44,45)/t19?,26-,30?/m0/s1. The molecule has 0 unspecified atom stereocenters. The van der Waals surface area contributed by atoms with Crippen LogP contribution < -0.4 is 21.7 Å². The molecule has 0 heterocycles. The molecule has 0 spiro atoms. The van der Waals surface area contributed by atoms with Gasteiger partial charge in [-0.15, -0.1) is 11.6 Å². The Labute approximate surface area is 260 Å². The summed E-state index contributed by atoms with van der Waals surface area (Å²) >= 11 is 6.53. The van der Waals surface area contributed by atoms with E-state index < -0.39 is 46.6 Å². The number of hydrogen-bond acceptors (Lipinski definition) is 7. The number of benzene rings is 3. The highest BCUT2D eigenvalue weighted by Crippen LogP contribution is 2.37. The van der Waals surface area contributed by atoms with Gasteiger partial charge in [0.05, 0.1) is 56.5 Å². The van der Waals surface area contributed by atoms with Gasteiger partial charge in [-0.2, -0.15) is 13.2 Å². The highest BCUT2D eigenvalue weighted by molar-refractivity contribution is 6.27. The highest BCUT2D eigenvalue weighted by Gasteiger charge is 2.32. The van der Waals surface area contributed by atoms with Gasteiger partial charge in [0.25, 0.3) is 0 Å². The number of halogens is 4. The molecule has 0 saturated heterocycles. The van der Waals surface area contributed by atoms with Gasteiger partial charge in [-0.25, -0.2) is 9.59 Å². The number of carbonyl (C=O) groups excluding carboxylic acids is 1. The molecule has 10 nitrogen and oxygen atoms in total. The predicted molar refractivity (Wildman–Crippen MR) is 162 cm³/mol. The van der Waals surface area contributed by atoms with Crippen molar-refractivity contribution in [3.8, 4) is 0 Å². The lowest BCUT2D eigenvalue weighted by molar-refractivity contribution is -0.137. The van der Waals surface area contributed by atoms with Crippen LogP contribution in [0.1, 0.15) is 38.3 Å². The summed E-state index contributed by atoms with van der Waals surface area (Å²) in [5.41, 5.74) is 4.45. The Morgan fingerprint density at radius 3 is 2.09 bits per heavy atom. The summed E-state index contributed by atoms with van der Waals surface area (Å²) in [5.74, 6) is -3.37. The molecule has 0 aromatic heterocycles. The minimum absolute atomic E-state index is 0.0144. The number of aliphatic hydroxyl groups is 1. The number of hydrogen-bond donors (Lipinski definition) is 7. The predicted octanol–water partition coefficient (Wildman–Crippen LogP) is 5.39. The zero-order chi connectivity index (χ0) is 32.9. The van der Waals surface area contributed by atoms with Crippen molar-refractivity contribution >= 4 is 52.2 Å². The number of carbonyl (C=O) groups is 3. The minimum Gasteiger partial charge on any atom is -0.478 e. The Bertz CT molecular complexity index is 1660. The lowest BCUT2D eigenvalue weighted by Crippen LogP contribution is -2.45. The van der Waals surface area contributed by atoms with Crippen molar-refractivity contribution in [1.29, 1.82) is 0 Å². The maximum atomic E-state index is 13.6. The summed E-state index contributed by atoms with van der Waals surface area (Å²) in [7, 11) is 0. The number of nitrogens with one attached hydrogen (secondary N) is 3. The Balaban J connectivity index is 1.61. The van der Waals surface area contributed by atoms with Crippen LogP contribution >= 0.6 is 11.6 Å². The van der Waals surface area contributed by atoms with E-state index >= 15 is 0 Å². The van der Waals surface area contributed by atoms with Crippen LogP contribution in [0.5, 0.6) is 0 Å². The van der Waals surface area contributed by atoms with Crippen molar-refractivity contribution in [1.82, 2.24) is 5.32 Å². The molecular weight excluding hydrogens is 617 g/mol. The molecule has 236 valence electrons. The normalized spacial score (nSPS) is 18.3. The van der Waals surface area contributed by atoms with Gasteiger partial charge in [0, 0.05) is 6.54 Å². The molecule has 1 aliphatic carbocycles. The molecule has 14 heteroatoms. The number of allylic oxidation sites excluding steroid dienone is 2.